The molecule has 0 atom stereocenters. The normalized spacial score (nSPS) is 15.0. The molecular formula is C30H37N3O6. The molecule has 1 saturated heterocycles. The fraction of sp³-hybridized carbons (Fsp3) is 0.433. The highest BCUT2D eigenvalue weighted by atomic mass is 16.6. The topological polar surface area (TPSA) is 92.1 Å². The van der Waals surface area contributed by atoms with Gasteiger partial charge < -0.3 is 23.8 Å². The minimum absolute atomic E-state index is 0.173. The molecule has 0 spiro atoms. The fourth-order valence-electron chi connectivity index (χ4n) is 4.69. The number of hydrogen-bond acceptors (Lipinski definition) is 7. The van der Waals surface area contributed by atoms with Crippen LogP contribution in [0.4, 0.5) is 4.79 Å². The number of carbonyl (C=O) groups excluding carboxylic acids is 2. The van der Waals surface area contributed by atoms with Gasteiger partial charge in [0.25, 0.3) is 0 Å². The summed E-state index contributed by atoms with van der Waals surface area (Å²) in [7, 11) is 3.27. The second kappa shape index (κ2) is 11.4. The highest BCUT2D eigenvalue weighted by molar-refractivity contribution is 5.69. The van der Waals surface area contributed by atoms with E-state index in [9.17, 15) is 9.59 Å². The number of ether oxygens (including phenoxy) is 4. The second-order valence-electron chi connectivity index (χ2n) is 10.8. The Bertz CT molecular complexity index is 1220. The Hall–Kier alpha value is -4.01. The summed E-state index contributed by atoms with van der Waals surface area (Å²) in [5, 5.41) is 5.08. The number of nitrogens with zero attached hydrogens (tertiary/aromatic N) is 3. The highest BCUT2D eigenvalue weighted by Crippen LogP contribution is 2.39. The Kier molecular flexibility index (Phi) is 8.18. The van der Waals surface area contributed by atoms with Crippen molar-refractivity contribution in [2.24, 2.45) is 0 Å². The van der Waals surface area contributed by atoms with E-state index in [0.29, 0.717) is 25.9 Å². The third kappa shape index (κ3) is 6.53. The number of rotatable bonds is 7. The number of piperidine rings is 1. The molecule has 208 valence electrons. The number of hydrogen-bond donors (Lipinski definition) is 0. The third-order valence-corrected chi connectivity index (χ3v) is 6.88. The lowest BCUT2D eigenvalue weighted by atomic mass is 9.76. The number of aromatic nitrogens is 2. The van der Waals surface area contributed by atoms with Crippen molar-refractivity contribution >= 4 is 12.1 Å². The summed E-state index contributed by atoms with van der Waals surface area (Å²) in [6, 6.07) is 17.5. The van der Waals surface area contributed by atoms with Gasteiger partial charge >= 0.3 is 12.1 Å². The van der Waals surface area contributed by atoms with Gasteiger partial charge in [-0.2, -0.15) is 5.10 Å². The molecular weight excluding hydrogens is 498 g/mol. The van der Waals surface area contributed by atoms with Crippen LogP contribution in [-0.4, -0.2) is 66.3 Å². The molecule has 39 heavy (non-hydrogen) atoms. The van der Waals surface area contributed by atoms with E-state index in [1.165, 1.54) is 6.92 Å². The lowest BCUT2D eigenvalue weighted by molar-refractivity contribution is -0.143. The van der Waals surface area contributed by atoms with E-state index in [4.69, 9.17) is 24.0 Å². The molecule has 0 radical (unpaired) electrons. The van der Waals surface area contributed by atoms with Gasteiger partial charge in [-0.1, -0.05) is 0 Å². The summed E-state index contributed by atoms with van der Waals surface area (Å²) in [6.45, 7) is 8.06. The molecule has 2 heterocycles. The SMILES string of the molecule is COc1ccc(-c2cc(C3(COC(C)=O)CCN(C(=O)OC(C)(C)C)CC3)nn2-c2ccc(OC)cc2)cc1. The molecule has 0 saturated carbocycles. The van der Waals surface area contributed by atoms with Gasteiger partial charge in [0.1, 0.15) is 23.7 Å². The lowest BCUT2D eigenvalue weighted by Crippen LogP contribution is -2.49. The van der Waals surface area contributed by atoms with Gasteiger partial charge in [-0.15, -0.1) is 0 Å². The van der Waals surface area contributed by atoms with E-state index in [1.807, 2.05) is 74.0 Å². The van der Waals surface area contributed by atoms with Crippen molar-refractivity contribution in [1.29, 1.82) is 0 Å². The zero-order valence-corrected chi connectivity index (χ0v) is 23.5. The maximum atomic E-state index is 12.7. The van der Waals surface area contributed by atoms with E-state index >= 15 is 0 Å². The number of esters is 1. The molecule has 1 fully saturated rings. The molecule has 9 heteroatoms. The number of methoxy groups -OCH3 is 2. The van der Waals surface area contributed by atoms with Gasteiger partial charge in [0.05, 0.1) is 36.7 Å². The van der Waals surface area contributed by atoms with Crippen LogP contribution in [0.5, 0.6) is 11.5 Å². The first-order valence-corrected chi connectivity index (χ1v) is 13.0. The molecule has 9 nitrogen and oxygen atoms in total. The molecule has 1 aliphatic heterocycles. The monoisotopic (exact) mass is 535 g/mol. The van der Waals surface area contributed by atoms with E-state index < -0.39 is 11.0 Å². The van der Waals surface area contributed by atoms with Crippen LogP contribution in [0.2, 0.25) is 0 Å². The minimum atomic E-state index is -0.576. The van der Waals surface area contributed by atoms with E-state index in [-0.39, 0.29) is 18.7 Å². The molecule has 1 aromatic heterocycles. The average Bonchev–Trinajstić information content (AvgIpc) is 3.37. The summed E-state index contributed by atoms with van der Waals surface area (Å²) < 4.78 is 23.8. The van der Waals surface area contributed by atoms with Crippen LogP contribution in [0.25, 0.3) is 16.9 Å². The van der Waals surface area contributed by atoms with Gasteiger partial charge in [0.2, 0.25) is 0 Å². The van der Waals surface area contributed by atoms with Crippen LogP contribution in [0.15, 0.2) is 54.6 Å². The highest BCUT2D eigenvalue weighted by Gasteiger charge is 2.42. The maximum absolute atomic E-state index is 12.7. The first-order valence-electron chi connectivity index (χ1n) is 13.0. The zero-order valence-electron chi connectivity index (χ0n) is 23.5. The molecule has 4 rings (SSSR count). The molecule has 0 aliphatic carbocycles. The first kappa shape index (κ1) is 28.0. The molecule has 3 aromatic rings. The molecule has 1 aliphatic rings. The summed E-state index contributed by atoms with van der Waals surface area (Å²) in [6.07, 6.45) is 0.800. The fourth-order valence-corrected chi connectivity index (χ4v) is 4.69. The largest absolute Gasteiger partial charge is 0.497 e. The zero-order chi connectivity index (χ0) is 28.2. The van der Waals surface area contributed by atoms with Gasteiger partial charge in [0, 0.05) is 25.6 Å². The van der Waals surface area contributed by atoms with Crippen molar-refractivity contribution in [3.05, 3.63) is 60.3 Å². The molecule has 0 N–H and O–H groups in total. The smallest absolute Gasteiger partial charge is 0.410 e. The Morgan fingerprint density at radius 2 is 1.49 bits per heavy atom. The van der Waals surface area contributed by atoms with E-state index in [2.05, 4.69) is 6.07 Å². The summed E-state index contributed by atoms with van der Waals surface area (Å²) in [5.41, 5.74) is 2.36. The average molecular weight is 536 g/mol. The summed E-state index contributed by atoms with van der Waals surface area (Å²) in [5.74, 6) is 1.15. The molecule has 0 unspecified atom stereocenters. The van der Waals surface area contributed by atoms with Crippen LogP contribution in [-0.2, 0) is 19.7 Å². The Balaban J connectivity index is 1.74. The Morgan fingerprint density at radius 1 is 0.923 bits per heavy atom. The standard InChI is InChI=1S/C30H37N3O6/c1-21(34)38-20-30(15-17-32(18-16-30)28(35)39-29(2,3)4)27-19-26(22-7-11-24(36-5)12-8-22)33(31-27)23-9-13-25(37-6)14-10-23/h7-14,19H,15-18,20H2,1-6H3. The number of likely N-dealkylation sites (tertiary alicyclic amines) is 1. The van der Waals surface area contributed by atoms with Crippen LogP contribution in [0.3, 0.4) is 0 Å². The molecule has 2 aromatic carbocycles. The predicted molar refractivity (Wildman–Crippen MR) is 147 cm³/mol. The van der Waals surface area contributed by atoms with Crippen molar-refractivity contribution in [2.75, 3.05) is 33.9 Å². The maximum Gasteiger partial charge on any atom is 0.410 e. The predicted octanol–water partition coefficient (Wildman–Crippen LogP) is 5.39. The Labute approximate surface area is 229 Å². The van der Waals surface area contributed by atoms with Crippen LogP contribution < -0.4 is 9.47 Å². The molecule has 1 amide bonds. The quantitative estimate of drug-likeness (QED) is 0.375. The van der Waals surface area contributed by atoms with Crippen LogP contribution in [0, 0.1) is 0 Å². The molecule has 0 bridgehead atoms. The van der Waals surface area contributed by atoms with Gasteiger partial charge in [-0.3, -0.25) is 4.79 Å². The van der Waals surface area contributed by atoms with Gasteiger partial charge in [-0.25, -0.2) is 9.48 Å². The van der Waals surface area contributed by atoms with E-state index in [0.717, 1.165) is 34.1 Å². The number of benzene rings is 2. The van der Waals surface area contributed by atoms with Crippen LogP contribution >= 0.6 is 0 Å². The second-order valence-corrected chi connectivity index (χ2v) is 10.8. The van der Waals surface area contributed by atoms with E-state index in [1.54, 1.807) is 19.1 Å². The van der Waals surface area contributed by atoms with Crippen molar-refractivity contribution in [2.45, 2.75) is 51.6 Å². The third-order valence-electron chi connectivity index (χ3n) is 6.88. The van der Waals surface area contributed by atoms with Gasteiger partial charge in [-0.05, 0) is 88.2 Å². The lowest BCUT2D eigenvalue weighted by Gasteiger charge is -2.40. The van der Waals surface area contributed by atoms with Gasteiger partial charge in [0.15, 0.2) is 0 Å². The minimum Gasteiger partial charge on any atom is -0.497 e. The van der Waals surface area contributed by atoms with Crippen molar-refractivity contribution in [3.8, 4) is 28.4 Å². The first-order chi connectivity index (χ1) is 18.5. The van der Waals surface area contributed by atoms with Crippen molar-refractivity contribution in [3.63, 3.8) is 0 Å². The Morgan fingerprint density at radius 3 is 2.00 bits per heavy atom. The summed E-state index contributed by atoms with van der Waals surface area (Å²) in [4.78, 5) is 26.3. The van der Waals surface area contributed by atoms with Crippen LogP contribution in [0.1, 0.15) is 46.2 Å². The number of carbonyl (C=O) groups is 2. The number of amides is 1. The van der Waals surface area contributed by atoms with Crippen molar-refractivity contribution in [1.82, 2.24) is 14.7 Å². The van der Waals surface area contributed by atoms with Crippen molar-refractivity contribution < 1.29 is 28.5 Å². The summed E-state index contributed by atoms with van der Waals surface area (Å²) >= 11 is 0.